The highest BCUT2D eigenvalue weighted by atomic mass is 79.9. The lowest BCUT2D eigenvalue weighted by atomic mass is 10.2. The molecule has 104 valence electrons. The molecular formula is C15H15BrN2O2. The molecule has 0 heterocycles. The van der Waals surface area contributed by atoms with Crippen LogP contribution in [0.5, 0.6) is 5.75 Å². The van der Waals surface area contributed by atoms with E-state index in [2.05, 4.69) is 21.2 Å². The van der Waals surface area contributed by atoms with Crippen LogP contribution >= 0.6 is 15.9 Å². The second-order valence-corrected chi connectivity index (χ2v) is 5.04. The zero-order chi connectivity index (χ0) is 14.4. The van der Waals surface area contributed by atoms with Crippen molar-refractivity contribution in [1.29, 1.82) is 0 Å². The Hall–Kier alpha value is -1.85. The van der Waals surface area contributed by atoms with Gasteiger partial charge in [0.15, 0.2) is 0 Å². The molecule has 2 aromatic carbocycles. The van der Waals surface area contributed by atoms with Gasteiger partial charge in [-0.3, -0.25) is 4.79 Å². The fourth-order valence-corrected chi connectivity index (χ4v) is 2.04. The van der Waals surface area contributed by atoms with Gasteiger partial charge in [0.05, 0.1) is 0 Å². The minimum atomic E-state index is -0.151. The number of carbonyl (C=O) groups is 1. The van der Waals surface area contributed by atoms with Crippen LogP contribution in [0.3, 0.4) is 0 Å². The van der Waals surface area contributed by atoms with Gasteiger partial charge in [-0.2, -0.15) is 0 Å². The monoisotopic (exact) mass is 334 g/mol. The fraction of sp³-hybridized carbons (Fsp3) is 0.133. The van der Waals surface area contributed by atoms with Gasteiger partial charge in [-0.1, -0.05) is 22.0 Å². The molecule has 0 saturated carbocycles. The van der Waals surface area contributed by atoms with Crippen LogP contribution in [-0.2, 0) is 0 Å². The molecule has 0 unspecified atom stereocenters. The Morgan fingerprint density at radius 3 is 2.60 bits per heavy atom. The quantitative estimate of drug-likeness (QED) is 0.883. The van der Waals surface area contributed by atoms with Crippen molar-refractivity contribution in [3.8, 4) is 5.75 Å². The Morgan fingerprint density at radius 1 is 1.20 bits per heavy atom. The van der Waals surface area contributed by atoms with Gasteiger partial charge in [0.25, 0.3) is 5.91 Å². The van der Waals surface area contributed by atoms with E-state index in [4.69, 9.17) is 10.5 Å². The SMILES string of the molecule is NCCOc1ccc(NC(=O)c2cccc(Br)c2)cc1. The van der Waals surface area contributed by atoms with E-state index in [0.717, 1.165) is 15.9 Å². The van der Waals surface area contributed by atoms with Gasteiger partial charge in [0.1, 0.15) is 12.4 Å². The molecule has 0 aliphatic heterocycles. The van der Waals surface area contributed by atoms with Crippen molar-refractivity contribution in [1.82, 2.24) is 0 Å². The summed E-state index contributed by atoms with van der Waals surface area (Å²) in [5.41, 5.74) is 6.68. The molecule has 1 amide bonds. The summed E-state index contributed by atoms with van der Waals surface area (Å²) in [6.07, 6.45) is 0. The number of halogens is 1. The largest absolute Gasteiger partial charge is 0.492 e. The van der Waals surface area contributed by atoms with Crippen molar-refractivity contribution in [3.63, 3.8) is 0 Å². The summed E-state index contributed by atoms with van der Waals surface area (Å²) < 4.78 is 6.24. The minimum Gasteiger partial charge on any atom is -0.492 e. The standard InChI is InChI=1S/C15H15BrN2O2/c16-12-3-1-2-11(10-12)15(19)18-13-4-6-14(7-5-13)20-9-8-17/h1-7,10H,8-9,17H2,(H,18,19). The van der Waals surface area contributed by atoms with Crippen LogP contribution in [0.25, 0.3) is 0 Å². The zero-order valence-electron chi connectivity index (χ0n) is 10.8. The Morgan fingerprint density at radius 2 is 1.95 bits per heavy atom. The van der Waals surface area contributed by atoms with Crippen LogP contribution in [0.1, 0.15) is 10.4 Å². The molecule has 5 heteroatoms. The Balaban J connectivity index is 2.01. The fourth-order valence-electron chi connectivity index (χ4n) is 1.64. The molecule has 3 N–H and O–H groups in total. The lowest BCUT2D eigenvalue weighted by molar-refractivity contribution is 0.102. The summed E-state index contributed by atoms with van der Waals surface area (Å²) in [5.74, 6) is 0.581. The van der Waals surface area contributed by atoms with Gasteiger partial charge in [-0.05, 0) is 42.5 Å². The molecule has 0 saturated heterocycles. The number of hydrogen-bond donors (Lipinski definition) is 2. The predicted molar refractivity (Wildman–Crippen MR) is 83.1 cm³/mol. The van der Waals surface area contributed by atoms with Crippen molar-refractivity contribution >= 4 is 27.5 Å². The normalized spacial score (nSPS) is 10.1. The topological polar surface area (TPSA) is 64.3 Å². The van der Waals surface area contributed by atoms with Crippen molar-refractivity contribution in [2.24, 2.45) is 5.73 Å². The lowest BCUT2D eigenvalue weighted by Crippen LogP contribution is -2.12. The van der Waals surface area contributed by atoms with E-state index < -0.39 is 0 Å². The molecule has 2 rings (SSSR count). The van der Waals surface area contributed by atoms with Crippen molar-refractivity contribution in [2.75, 3.05) is 18.5 Å². The third-order valence-corrected chi connectivity index (χ3v) is 3.08. The van der Waals surface area contributed by atoms with Crippen molar-refractivity contribution in [3.05, 3.63) is 58.6 Å². The third kappa shape index (κ3) is 4.08. The van der Waals surface area contributed by atoms with E-state index in [1.54, 1.807) is 36.4 Å². The average molecular weight is 335 g/mol. The van der Waals surface area contributed by atoms with Crippen LogP contribution in [-0.4, -0.2) is 19.1 Å². The predicted octanol–water partition coefficient (Wildman–Crippen LogP) is 3.04. The highest BCUT2D eigenvalue weighted by Crippen LogP contribution is 2.17. The molecule has 4 nitrogen and oxygen atoms in total. The number of benzene rings is 2. The van der Waals surface area contributed by atoms with Gasteiger partial charge in [-0.25, -0.2) is 0 Å². The van der Waals surface area contributed by atoms with E-state index in [1.165, 1.54) is 0 Å². The summed E-state index contributed by atoms with van der Waals surface area (Å²) in [6.45, 7) is 0.950. The van der Waals surface area contributed by atoms with Crippen LogP contribution in [0, 0.1) is 0 Å². The molecule has 0 atom stereocenters. The molecular weight excluding hydrogens is 320 g/mol. The average Bonchev–Trinajstić information content (AvgIpc) is 2.46. The van der Waals surface area contributed by atoms with Crippen LogP contribution < -0.4 is 15.8 Å². The molecule has 0 aliphatic carbocycles. The Labute approximate surface area is 126 Å². The first-order valence-corrected chi connectivity index (χ1v) is 6.98. The van der Waals surface area contributed by atoms with Crippen molar-refractivity contribution < 1.29 is 9.53 Å². The number of carbonyl (C=O) groups excluding carboxylic acids is 1. The van der Waals surface area contributed by atoms with Gasteiger partial charge in [-0.15, -0.1) is 0 Å². The first-order chi connectivity index (χ1) is 9.69. The first-order valence-electron chi connectivity index (χ1n) is 6.19. The summed E-state index contributed by atoms with van der Waals surface area (Å²) in [4.78, 5) is 12.0. The Kier molecular flexibility index (Phi) is 5.15. The maximum absolute atomic E-state index is 12.0. The number of anilines is 1. The minimum absolute atomic E-state index is 0.151. The van der Waals surface area contributed by atoms with Gasteiger partial charge in [0, 0.05) is 22.3 Å². The summed E-state index contributed by atoms with van der Waals surface area (Å²) in [5, 5.41) is 2.83. The Bertz CT molecular complexity index is 585. The second-order valence-electron chi connectivity index (χ2n) is 4.13. The lowest BCUT2D eigenvalue weighted by Gasteiger charge is -2.08. The third-order valence-electron chi connectivity index (χ3n) is 2.59. The molecule has 20 heavy (non-hydrogen) atoms. The van der Waals surface area contributed by atoms with Crippen LogP contribution in [0.15, 0.2) is 53.0 Å². The van der Waals surface area contributed by atoms with Gasteiger partial charge >= 0.3 is 0 Å². The maximum atomic E-state index is 12.0. The summed E-state index contributed by atoms with van der Waals surface area (Å²) >= 11 is 3.34. The van der Waals surface area contributed by atoms with E-state index in [9.17, 15) is 4.79 Å². The smallest absolute Gasteiger partial charge is 0.255 e. The number of nitrogens with two attached hydrogens (primary N) is 1. The second kappa shape index (κ2) is 7.07. The molecule has 0 fully saturated rings. The molecule has 0 radical (unpaired) electrons. The van der Waals surface area contributed by atoms with Crippen LogP contribution in [0.4, 0.5) is 5.69 Å². The van der Waals surface area contributed by atoms with Crippen LogP contribution in [0.2, 0.25) is 0 Å². The van der Waals surface area contributed by atoms with E-state index >= 15 is 0 Å². The molecule has 0 bridgehead atoms. The highest BCUT2D eigenvalue weighted by molar-refractivity contribution is 9.10. The number of amides is 1. The maximum Gasteiger partial charge on any atom is 0.255 e. The van der Waals surface area contributed by atoms with E-state index in [1.807, 2.05) is 12.1 Å². The highest BCUT2D eigenvalue weighted by Gasteiger charge is 2.06. The molecule has 0 aliphatic rings. The molecule has 0 spiro atoms. The van der Waals surface area contributed by atoms with Crippen molar-refractivity contribution in [2.45, 2.75) is 0 Å². The number of nitrogens with one attached hydrogen (secondary N) is 1. The van der Waals surface area contributed by atoms with Gasteiger partial charge in [0.2, 0.25) is 0 Å². The summed E-state index contributed by atoms with van der Waals surface area (Å²) in [7, 11) is 0. The van der Waals surface area contributed by atoms with E-state index in [0.29, 0.717) is 18.7 Å². The number of hydrogen-bond acceptors (Lipinski definition) is 3. The summed E-state index contributed by atoms with van der Waals surface area (Å²) in [6, 6.07) is 14.4. The first kappa shape index (κ1) is 14.6. The zero-order valence-corrected chi connectivity index (χ0v) is 12.4. The van der Waals surface area contributed by atoms with Gasteiger partial charge < -0.3 is 15.8 Å². The van der Waals surface area contributed by atoms with E-state index in [-0.39, 0.29) is 5.91 Å². The molecule has 0 aromatic heterocycles. The number of rotatable bonds is 5. The number of ether oxygens (including phenoxy) is 1. The molecule has 2 aromatic rings.